The molecular formula is C17H20FN3O2. The summed E-state index contributed by atoms with van der Waals surface area (Å²) in [5.41, 5.74) is 1.28. The van der Waals surface area contributed by atoms with Crippen molar-refractivity contribution in [2.45, 2.75) is 25.6 Å². The molecule has 1 fully saturated rings. The minimum absolute atomic E-state index is 0.271. The van der Waals surface area contributed by atoms with Crippen LogP contribution in [0.25, 0.3) is 11.1 Å². The molecule has 0 unspecified atom stereocenters. The number of rotatable bonds is 4. The van der Waals surface area contributed by atoms with Crippen molar-refractivity contribution in [2.24, 2.45) is 0 Å². The molecule has 0 aliphatic carbocycles. The van der Waals surface area contributed by atoms with Gasteiger partial charge in [-0.2, -0.15) is 0 Å². The molecule has 3 rings (SSSR count). The lowest BCUT2D eigenvalue weighted by Gasteiger charge is -2.31. The van der Waals surface area contributed by atoms with E-state index in [4.69, 9.17) is 9.84 Å². The Kier molecular flexibility index (Phi) is 4.83. The number of aliphatic hydroxyl groups is 1. The molecule has 5 nitrogen and oxygen atoms in total. The number of anilines is 1. The van der Waals surface area contributed by atoms with Gasteiger partial charge < -0.3 is 14.7 Å². The first kappa shape index (κ1) is 15.8. The van der Waals surface area contributed by atoms with Crippen LogP contribution in [0.1, 0.15) is 18.4 Å². The van der Waals surface area contributed by atoms with Gasteiger partial charge in [0.1, 0.15) is 5.82 Å². The summed E-state index contributed by atoms with van der Waals surface area (Å²) in [4.78, 5) is 10.9. The molecule has 1 N–H and O–H groups in total. The van der Waals surface area contributed by atoms with Crippen molar-refractivity contribution >= 4 is 5.95 Å². The van der Waals surface area contributed by atoms with E-state index in [1.807, 2.05) is 0 Å². The Hall–Kier alpha value is -2.05. The Balaban J connectivity index is 1.78. The fourth-order valence-corrected chi connectivity index (χ4v) is 2.84. The highest BCUT2D eigenvalue weighted by atomic mass is 19.1. The van der Waals surface area contributed by atoms with Gasteiger partial charge in [0.2, 0.25) is 5.95 Å². The van der Waals surface area contributed by atoms with Crippen LogP contribution in [0.4, 0.5) is 10.3 Å². The molecule has 1 aliphatic heterocycles. The second-order valence-corrected chi connectivity index (χ2v) is 5.63. The van der Waals surface area contributed by atoms with E-state index in [0.29, 0.717) is 23.2 Å². The fraction of sp³-hybridized carbons (Fsp3) is 0.412. The lowest BCUT2D eigenvalue weighted by atomic mass is 10.1. The van der Waals surface area contributed by atoms with Crippen molar-refractivity contribution in [3.8, 4) is 11.1 Å². The summed E-state index contributed by atoms with van der Waals surface area (Å²) in [6.45, 7) is 1.38. The van der Waals surface area contributed by atoms with Gasteiger partial charge in [-0.25, -0.2) is 14.4 Å². The summed E-state index contributed by atoms with van der Waals surface area (Å²) in [6.07, 6.45) is 5.47. The molecule has 1 aromatic carbocycles. The Labute approximate surface area is 134 Å². The number of ether oxygens (including phenoxy) is 1. The molecule has 0 bridgehead atoms. The molecule has 1 aliphatic rings. The Morgan fingerprint density at radius 3 is 2.57 bits per heavy atom. The van der Waals surface area contributed by atoms with Gasteiger partial charge in [-0.3, -0.25) is 0 Å². The first-order valence-corrected chi connectivity index (χ1v) is 7.71. The largest absolute Gasteiger partial charge is 0.392 e. The van der Waals surface area contributed by atoms with Crippen molar-refractivity contribution in [3.63, 3.8) is 0 Å². The average Bonchev–Trinajstić information content (AvgIpc) is 2.62. The summed E-state index contributed by atoms with van der Waals surface area (Å²) in [6, 6.07) is 4.94. The normalized spacial score (nSPS) is 15.9. The number of aromatic nitrogens is 2. The molecule has 0 amide bonds. The van der Waals surface area contributed by atoms with E-state index in [1.54, 1.807) is 37.7 Å². The number of hydrogen-bond acceptors (Lipinski definition) is 5. The summed E-state index contributed by atoms with van der Waals surface area (Å²) >= 11 is 0. The van der Waals surface area contributed by atoms with E-state index >= 15 is 0 Å². The minimum Gasteiger partial charge on any atom is -0.392 e. The van der Waals surface area contributed by atoms with Gasteiger partial charge in [0.25, 0.3) is 0 Å². The van der Waals surface area contributed by atoms with E-state index in [-0.39, 0.29) is 12.2 Å². The SMILES string of the molecule is COC1CCN(c2ncc(-c3cccc(CO)c3F)cn2)CC1. The van der Waals surface area contributed by atoms with Crippen LogP contribution in [-0.2, 0) is 11.3 Å². The highest BCUT2D eigenvalue weighted by Gasteiger charge is 2.20. The van der Waals surface area contributed by atoms with Crippen LogP contribution in [0.2, 0.25) is 0 Å². The molecule has 0 saturated carbocycles. The number of halogens is 1. The van der Waals surface area contributed by atoms with Crippen LogP contribution < -0.4 is 4.90 Å². The lowest BCUT2D eigenvalue weighted by molar-refractivity contribution is 0.0816. The highest BCUT2D eigenvalue weighted by Crippen LogP contribution is 2.25. The Bertz CT molecular complexity index is 655. The van der Waals surface area contributed by atoms with Gasteiger partial charge in [0.15, 0.2) is 0 Å². The summed E-state index contributed by atoms with van der Waals surface area (Å²) in [5, 5.41) is 9.16. The zero-order valence-electron chi connectivity index (χ0n) is 13.1. The zero-order chi connectivity index (χ0) is 16.2. The van der Waals surface area contributed by atoms with Crippen LogP contribution >= 0.6 is 0 Å². The van der Waals surface area contributed by atoms with Gasteiger partial charge in [-0.05, 0) is 12.8 Å². The standard InChI is InChI=1S/C17H20FN3O2/c1-23-14-5-7-21(8-6-14)17-19-9-13(10-20-17)15-4-2-3-12(11-22)16(15)18/h2-4,9-10,14,22H,5-8,11H2,1H3. The van der Waals surface area contributed by atoms with Crippen LogP contribution in [0, 0.1) is 5.82 Å². The quantitative estimate of drug-likeness (QED) is 0.938. The van der Waals surface area contributed by atoms with Gasteiger partial charge in [0, 0.05) is 49.3 Å². The topological polar surface area (TPSA) is 58.5 Å². The number of piperidine rings is 1. The predicted molar refractivity (Wildman–Crippen MR) is 85.6 cm³/mol. The monoisotopic (exact) mass is 317 g/mol. The predicted octanol–water partition coefficient (Wildman–Crippen LogP) is 2.39. The molecular weight excluding hydrogens is 297 g/mol. The maximum Gasteiger partial charge on any atom is 0.225 e. The third-order valence-electron chi connectivity index (χ3n) is 4.26. The number of nitrogens with zero attached hydrogens (tertiary/aromatic N) is 3. The van der Waals surface area contributed by atoms with Crippen LogP contribution in [-0.4, -0.2) is 41.4 Å². The second kappa shape index (κ2) is 7.02. The average molecular weight is 317 g/mol. The maximum absolute atomic E-state index is 14.3. The maximum atomic E-state index is 14.3. The van der Waals surface area contributed by atoms with Crippen molar-refractivity contribution in [2.75, 3.05) is 25.1 Å². The highest BCUT2D eigenvalue weighted by molar-refractivity contribution is 5.63. The molecule has 1 saturated heterocycles. The molecule has 6 heteroatoms. The number of methoxy groups -OCH3 is 1. The van der Waals surface area contributed by atoms with Crippen LogP contribution in [0.3, 0.4) is 0 Å². The number of benzene rings is 1. The molecule has 0 spiro atoms. The van der Waals surface area contributed by atoms with E-state index in [2.05, 4.69) is 14.9 Å². The van der Waals surface area contributed by atoms with E-state index in [9.17, 15) is 4.39 Å². The van der Waals surface area contributed by atoms with E-state index in [0.717, 1.165) is 25.9 Å². The van der Waals surface area contributed by atoms with Crippen LogP contribution in [0.15, 0.2) is 30.6 Å². The van der Waals surface area contributed by atoms with E-state index < -0.39 is 5.82 Å². The summed E-state index contributed by atoms with van der Waals surface area (Å²) in [7, 11) is 1.74. The molecule has 1 aromatic heterocycles. The summed E-state index contributed by atoms with van der Waals surface area (Å²) in [5.74, 6) is 0.231. The lowest BCUT2D eigenvalue weighted by Crippen LogP contribution is -2.37. The Morgan fingerprint density at radius 1 is 1.26 bits per heavy atom. The molecule has 2 aromatic rings. The molecule has 122 valence electrons. The third kappa shape index (κ3) is 3.33. The van der Waals surface area contributed by atoms with Gasteiger partial charge in [-0.15, -0.1) is 0 Å². The van der Waals surface area contributed by atoms with E-state index in [1.165, 1.54) is 0 Å². The van der Waals surface area contributed by atoms with Crippen molar-refractivity contribution < 1.29 is 14.2 Å². The Morgan fingerprint density at radius 2 is 1.96 bits per heavy atom. The van der Waals surface area contributed by atoms with Crippen molar-refractivity contribution in [1.82, 2.24) is 9.97 Å². The first-order chi connectivity index (χ1) is 11.2. The number of aliphatic hydroxyl groups excluding tert-OH is 1. The smallest absolute Gasteiger partial charge is 0.225 e. The van der Waals surface area contributed by atoms with Gasteiger partial charge in [0.05, 0.1) is 12.7 Å². The van der Waals surface area contributed by atoms with Gasteiger partial charge in [-0.1, -0.05) is 18.2 Å². The third-order valence-corrected chi connectivity index (χ3v) is 4.26. The van der Waals surface area contributed by atoms with Crippen LogP contribution in [0.5, 0.6) is 0 Å². The van der Waals surface area contributed by atoms with Crippen molar-refractivity contribution in [1.29, 1.82) is 0 Å². The zero-order valence-corrected chi connectivity index (χ0v) is 13.1. The minimum atomic E-state index is -0.424. The molecule has 2 heterocycles. The summed E-state index contributed by atoms with van der Waals surface area (Å²) < 4.78 is 19.6. The number of hydrogen-bond donors (Lipinski definition) is 1. The fourth-order valence-electron chi connectivity index (χ4n) is 2.84. The molecule has 23 heavy (non-hydrogen) atoms. The van der Waals surface area contributed by atoms with Gasteiger partial charge >= 0.3 is 0 Å². The van der Waals surface area contributed by atoms with Crippen molar-refractivity contribution in [3.05, 3.63) is 42.0 Å². The second-order valence-electron chi connectivity index (χ2n) is 5.63. The first-order valence-electron chi connectivity index (χ1n) is 7.71. The molecule has 0 atom stereocenters. The molecule has 0 radical (unpaired) electrons.